The van der Waals surface area contributed by atoms with Crippen LogP contribution in [0.5, 0.6) is 0 Å². The summed E-state index contributed by atoms with van der Waals surface area (Å²) in [4.78, 5) is 11.2. The van der Waals surface area contributed by atoms with Gasteiger partial charge in [-0.1, -0.05) is 60.7 Å². The van der Waals surface area contributed by atoms with E-state index in [4.69, 9.17) is 9.94 Å². The van der Waals surface area contributed by atoms with Crippen molar-refractivity contribution in [1.29, 1.82) is 0 Å². The lowest BCUT2D eigenvalue weighted by Crippen LogP contribution is -2.21. The van der Waals surface area contributed by atoms with Gasteiger partial charge >= 0.3 is 0 Å². The Balaban J connectivity index is 1.93. The van der Waals surface area contributed by atoms with Crippen LogP contribution in [-0.4, -0.2) is 17.7 Å². The predicted octanol–water partition coefficient (Wildman–Crippen LogP) is 3.17. The standard InChI is InChI=1S/C18H17NO3/c20-17(19-21)11-12-22-18-15-7-3-1-5-13(15)9-10-14-6-2-4-8-16(14)18/h1-10,18,21H,11-12H2,(H,19,20). The van der Waals surface area contributed by atoms with E-state index in [0.29, 0.717) is 0 Å². The fourth-order valence-corrected chi connectivity index (χ4v) is 2.65. The summed E-state index contributed by atoms with van der Waals surface area (Å²) in [6.07, 6.45) is 4.05. The fraction of sp³-hybridized carbons (Fsp3) is 0.167. The molecule has 1 aliphatic rings. The molecule has 0 radical (unpaired) electrons. The van der Waals surface area contributed by atoms with E-state index in [1.165, 1.54) is 0 Å². The lowest BCUT2D eigenvalue weighted by molar-refractivity contribution is -0.130. The maximum Gasteiger partial charge on any atom is 0.245 e. The Morgan fingerprint density at radius 3 is 2.09 bits per heavy atom. The molecule has 1 amide bonds. The highest BCUT2D eigenvalue weighted by Gasteiger charge is 2.21. The number of carbonyl (C=O) groups excluding carboxylic acids is 1. The summed E-state index contributed by atoms with van der Waals surface area (Å²) >= 11 is 0. The van der Waals surface area contributed by atoms with Crippen LogP contribution >= 0.6 is 0 Å². The summed E-state index contributed by atoms with van der Waals surface area (Å²) in [6, 6.07) is 16.1. The second-order valence-corrected chi connectivity index (χ2v) is 5.13. The third kappa shape index (κ3) is 2.93. The summed E-state index contributed by atoms with van der Waals surface area (Å²) in [5.74, 6) is -0.451. The Hall–Kier alpha value is -2.43. The molecular weight excluding hydrogens is 278 g/mol. The van der Waals surface area contributed by atoms with E-state index in [1.54, 1.807) is 5.48 Å². The SMILES string of the molecule is O=C(CCOC1c2ccccc2C=Cc2ccccc21)NO. The largest absolute Gasteiger partial charge is 0.368 e. The molecule has 1 aliphatic carbocycles. The number of ether oxygens (including phenoxy) is 1. The Kier molecular flexibility index (Phi) is 4.32. The summed E-state index contributed by atoms with van der Waals surface area (Å²) in [7, 11) is 0. The van der Waals surface area contributed by atoms with Gasteiger partial charge in [0, 0.05) is 0 Å². The van der Waals surface area contributed by atoms with Crippen LogP contribution in [0.3, 0.4) is 0 Å². The molecule has 4 nitrogen and oxygen atoms in total. The first-order chi connectivity index (χ1) is 10.8. The minimum absolute atomic E-state index is 0.116. The number of hydrogen-bond acceptors (Lipinski definition) is 3. The molecule has 2 N–H and O–H groups in total. The molecular formula is C18H17NO3. The van der Waals surface area contributed by atoms with Gasteiger partial charge in [-0.05, 0) is 22.3 Å². The Labute approximate surface area is 129 Å². The molecule has 0 fully saturated rings. The van der Waals surface area contributed by atoms with Gasteiger partial charge in [-0.2, -0.15) is 0 Å². The third-order valence-electron chi connectivity index (χ3n) is 3.74. The smallest absolute Gasteiger partial charge is 0.245 e. The molecule has 0 atom stereocenters. The van der Waals surface area contributed by atoms with Crippen LogP contribution in [0, 0.1) is 0 Å². The third-order valence-corrected chi connectivity index (χ3v) is 3.74. The summed E-state index contributed by atoms with van der Waals surface area (Å²) in [5, 5.41) is 8.57. The molecule has 0 saturated heterocycles. The quantitative estimate of drug-likeness (QED) is 0.673. The summed E-state index contributed by atoms with van der Waals surface area (Å²) < 4.78 is 5.98. The van der Waals surface area contributed by atoms with Gasteiger partial charge in [0.05, 0.1) is 13.0 Å². The van der Waals surface area contributed by atoms with Gasteiger partial charge < -0.3 is 4.74 Å². The van der Waals surface area contributed by atoms with Gasteiger partial charge in [0.1, 0.15) is 6.10 Å². The molecule has 0 bridgehead atoms. The lowest BCUT2D eigenvalue weighted by atomic mass is 9.96. The molecule has 0 spiro atoms. The van der Waals surface area contributed by atoms with Gasteiger partial charge in [-0.25, -0.2) is 5.48 Å². The maximum absolute atomic E-state index is 11.2. The van der Waals surface area contributed by atoms with Crippen LogP contribution in [0.2, 0.25) is 0 Å². The number of rotatable bonds is 4. The first kappa shape index (κ1) is 14.5. The highest BCUT2D eigenvalue weighted by atomic mass is 16.5. The van der Waals surface area contributed by atoms with Gasteiger partial charge in [0.25, 0.3) is 0 Å². The Morgan fingerprint density at radius 1 is 1.00 bits per heavy atom. The minimum Gasteiger partial charge on any atom is -0.368 e. The topological polar surface area (TPSA) is 58.6 Å². The van der Waals surface area contributed by atoms with E-state index in [9.17, 15) is 4.79 Å². The molecule has 3 rings (SSSR count). The van der Waals surface area contributed by atoms with E-state index in [-0.39, 0.29) is 19.1 Å². The van der Waals surface area contributed by atoms with Crippen molar-refractivity contribution in [2.45, 2.75) is 12.5 Å². The van der Waals surface area contributed by atoms with Crippen molar-refractivity contribution in [2.75, 3.05) is 6.61 Å². The second-order valence-electron chi connectivity index (χ2n) is 5.13. The molecule has 2 aromatic rings. The zero-order valence-corrected chi connectivity index (χ0v) is 12.0. The van der Waals surface area contributed by atoms with Crippen LogP contribution in [0.1, 0.15) is 34.8 Å². The van der Waals surface area contributed by atoms with Crippen molar-refractivity contribution in [3.63, 3.8) is 0 Å². The number of nitrogens with one attached hydrogen (secondary N) is 1. The first-order valence-electron chi connectivity index (χ1n) is 7.20. The number of carbonyl (C=O) groups is 1. The molecule has 0 aliphatic heterocycles. The van der Waals surface area contributed by atoms with Gasteiger partial charge in [-0.15, -0.1) is 0 Å². The Morgan fingerprint density at radius 2 is 1.55 bits per heavy atom. The molecule has 112 valence electrons. The highest BCUT2D eigenvalue weighted by molar-refractivity contribution is 5.76. The fourth-order valence-electron chi connectivity index (χ4n) is 2.65. The molecule has 0 unspecified atom stereocenters. The molecule has 2 aromatic carbocycles. The van der Waals surface area contributed by atoms with E-state index in [1.807, 2.05) is 36.4 Å². The molecule has 4 heteroatoms. The van der Waals surface area contributed by atoms with Crippen molar-refractivity contribution in [3.8, 4) is 0 Å². The first-order valence-corrected chi connectivity index (χ1v) is 7.20. The van der Waals surface area contributed by atoms with Crippen molar-refractivity contribution in [3.05, 3.63) is 70.8 Å². The van der Waals surface area contributed by atoms with Crippen LogP contribution in [-0.2, 0) is 9.53 Å². The van der Waals surface area contributed by atoms with Crippen LogP contribution in [0.4, 0.5) is 0 Å². The minimum atomic E-state index is -0.451. The van der Waals surface area contributed by atoms with E-state index >= 15 is 0 Å². The number of hydrogen-bond donors (Lipinski definition) is 2. The molecule has 0 heterocycles. The summed E-state index contributed by atoms with van der Waals surface area (Å²) in [5.41, 5.74) is 5.99. The summed E-state index contributed by atoms with van der Waals surface area (Å²) in [6.45, 7) is 0.236. The monoisotopic (exact) mass is 295 g/mol. The number of fused-ring (bicyclic) bond motifs is 2. The number of hydroxylamine groups is 1. The van der Waals surface area contributed by atoms with Crippen molar-refractivity contribution >= 4 is 18.1 Å². The van der Waals surface area contributed by atoms with Crippen molar-refractivity contribution in [2.24, 2.45) is 0 Å². The van der Waals surface area contributed by atoms with E-state index in [2.05, 4.69) is 24.3 Å². The number of amides is 1. The van der Waals surface area contributed by atoms with Crippen molar-refractivity contribution < 1.29 is 14.7 Å². The van der Waals surface area contributed by atoms with Gasteiger partial charge in [-0.3, -0.25) is 10.0 Å². The maximum atomic E-state index is 11.2. The second kappa shape index (κ2) is 6.56. The zero-order chi connectivity index (χ0) is 15.4. The molecule has 22 heavy (non-hydrogen) atoms. The van der Waals surface area contributed by atoms with E-state index in [0.717, 1.165) is 22.3 Å². The lowest BCUT2D eigenvalue weighted by Gasteiger charge is -2.20. The van der Waals surface area contributed by atoms with Gasteiger partial charge in [0.15, 0.2) is 0 Å². The van der Waals surface area contributed by atoms with Crippen molar-refractivity contribution in [1.82, 2.24) is 5.48 Å². The normalized spacial score (nSPS) is 13.1. The zero-order valence-electron chi connectivity index (χ0n) is 12.0. The number of benzene rings is 2. The predicted molar refractivity (Wildman–Crippen MR) is 84.2 cm³/mol. The van der Waals surface area contributed by atoms with Gasteiger partial charge in [0.2, 0.25) is 5.91 Å². The van der Waals surface area contributed by atoms with E-state index < -0.39 is 5.91 Å². The Bertz CT molecular complexity index is 659. The van der Waals surface area contributed by atoms with Crippen LogP contribution in [0.25, 0.3) is 12.2 Å². The highest BCUT2D eigenvalue weighted by Crippen LogP contribution is 2.35. The molecule has 0 aromatic heterocycles. The average molecular weight is 295 g/mol. The molecule has 0 saturated carbocycles. The van der Waals surface area contributed by atoms with Crippen LogP contribution < -0.4 is 5.48 Å². The van der Waals surface area contributed by atoms with Crippen LogP contribution in [0.15, 0.2) is 48.5 Å². The average Bonchev–Trinajstić information content (AvgIpc) is 2.72.